The number of rotatable bonds is 8. The summed E-state index contributed by atoms with van der Waals surface area (Å²) >= 11 is 0. The van der Waals surface area contributed by atoms with Gasteiger partial charge < -0.3 is 20.1 Å². The predicted octanol–water partition coefficient (Wildman–Crippen LogP) is 3.67. The molecule has 0 amide bonds. The van der Waals surface area contributed by atoms with E-state index in [0.717, 1.165) is 49.2 Å². The molecule has 4 heteroatoms. The van der Waals surface area contributed by atoms with Crippen molar-refractivity contribution in [1.82, 2.24) is 10.6 Å². The summed E-state index contributed by atoms with van der Waals surface area (Å²) in [6, 6.07) is 14.4. The average molecular weight is 354 g/mol. The van der Waals surface area contributed by atoms with Crippen LogP contribution >= 0.6 is 0 Å². The Balaban J connectivity index is 1.64. The molecular formula is C22H30N2O2. The molecule has 0 atom stereocenters. The van der Waals surface area contributed by atoms with Crippen molar-refractivity contribution < 1.29 is 9.47 Å². The van der Waals surface area contributed by atoms with Crippen LogP contribution in [0.3, 0.4) is 0 Å². The van der Waals surface area contributed by atoms with Gasteiger partial charge in [-0.15, -0.1) is 0 Å². The first-order valence-corrected chi connectivity index (χ1v) is 9.52. The summed E-state index contributed by atoms with van der Waals surface area (Å²) in [5, 5.41) is 7.03. The lowest BCUT2D eigenvalue weighted by Gasteiger charge is -2.23. The molecule has 3 rings (SSSR count). The fraction of sp³-hybridized carbons (Fsp3) is 0.455. The Kier molecular flexibility index (Phi) is 6.92. The third kappa shape index (κ3) is 4.99. The first-order chi connectivity index (χ1) is 12.8. The van der Waals surface area contributed by atoms with Crippen LogP contribution in [0.4, 0.5) is 0 Å². The van der Waals surface area contributed by atoms with Gasteiger partial charge in [-0.05, 0) is 62.5 Å². The minimum absolute atomic E-state index is 0.550. The topological polar surface area (TPSA) is 42.5 Å². The lowest BCUT2D eigenvalue weighted by molar-refractivity contribution is 0.279. The molecule has 2 aromatic carbocycles. The SMILES string of the molecule is COc1cccc(CNCC2CCNCC2)c1OCc1ccccc1C. The van der Waals surface area contributed by atoms with Gasteiger partial charge in [0.05, 0.1) is 7.11 Å². The quantitative estimate of drug-likeness (QED) is 0.759. The second kappa shape index (κ2) is 9.60. The van der Waals surface area contributed by atoms with E-state index < -0.39 is 0 Å². The van der Waals surface area contributed by atoms with Gasteiger partial charge in [0.15, 0.2) is 11.5 Å². The van der Waals surface area contributed by atoms with Crippen molar-refractivity contribution in [2.45, 2.75) is 32.9 Å². The van der Waals surface area contributed by atoms with Gasteiger partial charge in [-0.2, -0.15) is 0 Å². The summed E-state index contributed by atoms with van der Waals surface area (Å²) in [5.74, 6) is 2.40. The zero-order chi connectivity index (χ0) is 18.2. The highest BCUT2D eigenvalue weighted by molar-refractivity contribution is 5.46. The van der Waals surface area contributed by atoms with Crippen LogP contribution < -0.4 is 20.1 Å². The van der Waals surface area contributed by atoms with E-state index in [1.165, 1.54) is 24.0 Å². The van der Waals surface area contributed by atoms with Crippen LogP contribution in [0.1, 0.15) is 29.5 Å². The molecule has 1 saturated heterocycles. The highest BCUT2D eigenvalue weighted by Crippen LogP contribution is 2.32. The minimum atomic E-state index is 0.550. The number of benzene rings is 2. The maximum Gasteiger partial charge on any atom is 0.166 e. The largest absolute Gasteiger partial charge is 0.493 e. The summed E-state index contributed by atoms with van der Waals surface area (Å²) in [6.07, 6.45) is 2.50. The number of hydrogen-bond acceptors (Lipinski definition) is 4. The van der Waals surface area contributed by atoms with Gasteiger partial charge in [-0.3, -0.25) is 0 Å². The third-order valence-electron chi connectivity index (χ3n) is 5.12. The summed E-state index contributed by atoms with van der Waals surface area (Å²) in [4.78, 5) is 0. The zero-order valence-corrected chi connectivity index (χ0v) is 15.9. The van der Waals surface area contributed by atoms with Gasteiger partial charge in [-0.1, -0.05) is 36.4 Å². The van der Waals surface area contributed by atoms with Crippen LogP contribution in [-0.4, -0.2) is 26.7 Å². The van der Waals surface area contributed by atoms with E-state index in [2.05, 4.69) is 47.9 Å². The minimum Gasteiger partial charge on any atom is -0.493 e. The van der Waals surface area contributed by atoms with Crippen LogP contribution in [0.2, 0.25) is 0 Å². The Hall–Kier alpha value is -2.04. The van der Waals surface area contributed by atoms with Gasteiger partial charge in [0.1, 0.15) is 6.61 Å². The zero-order valence-electron chi connectivity index (χ0n) is 15.9. The number of hydrogen-bond donors (Lipinski definition) is 2. The van der Waals surface area contributed by atoms with E-state index in [-0.39, 0.29) is 0 Å². The molecule has 0 bridgehead atoms. The van der Waals surface area contributed by atoms with Gasteiger partial charge in [0.2, 0.25) is 0 Å². The molecule has 1 aliphatic rings. The molecule has 0 aromatic heterocycles. The number of piperidine rings is 1. The Bertz CT molecular complexity index is 696. The summed E-state index contributed by atoms with van der Waals surface area (Å²) in [5.41, 5.74) is 3.59. The highest BCUT2D eigenvalue weighted by Gasteiger charge is 2.14. The van der Waals surface area contributed by atoms with Crippen molar-refractivity contribution in [3.63, 3.8) is 0 Å². The normalized spacial score (nSPS) is 15.0. The Morgan fingerprint density at radius 2 is 1.81 bits per heavy atom. The van der Waals surface area contributed by atoms with Crippen molar-refractivity contribution in [3.05, 3.63) is 59.2 Å². The van der Waals surface area contributed by atoms with Gasteiger partial charge >= 0.3 is 0 Å². The van der Waals surface area contributed by atoms with E-state index in [9.17, 15) is 0 Å². The standard InChI is InChI=1S/C22H30N2O2/c1-17-6-3-4-7-20(17)16-26-22-19(8-5-9-21(22)25-2)15-24-14-18-10-12-23-13-11-18/h3-9,18,23-24H,10-16H2,1-2H3. The lowest BCUT2D eigenvalue weighted by Crippen LogP contribution is -2.33. The molecule has 1 aliphatic heterocycles. The molecule has 140 valence electrons. The number of para-hydroxylation sites is 1. The number of ether oxygens (including phenoxy) is 2. The van der Waals surface area contributed by atoms with E-state index in [1.54, 1.807) is 7.11 Å². The Morgan fingerprint density at radius 3 is 2.58 bits per heavy atom. The average Bonchev–Trinajstić information content (AvgIpc) is 2.68. The summed E-state index contributed by atoms with van der Waals surface area (Å²) < 4.78 is 11.7. The molecule has 4 nitrogen and oxygen atoms in total. The van der Waals surface area contributed by atoms with Crippen molar-refractivity contribution in [3.8, 4) is 11.5 Å². The Labute approximate surface area is 156 Å². The van der Waals surface area contributed by atoms with Crippen LogP contribution in [-0.2, 0) is 13.2 Å². The molecule has 0 saturated carbocycles. The van der Waals surface area contributed by atoms with Gasteiger partial charge in [-0.25, -0.2) is 0 Å². The third-order valence-corrected chi connectivity index (χ3v) is 5.12. The molecular weight excluding hydrogens is 324 g/mol. The number of aryl methyl sites for hydroxylation is 1. The van der Waals surface area contributed by atoms with Crippen LogP contribution in [0, 0.1) is 12.8 Å². The highest BCUT2D eigenvalue weighted by atomic mass is 16.5. The van der Waals surface area contributed by atoms with Crippen LogP contribution in [0.15, 0.2) is 42.5 Å². The molecule has 0 spiro atoms. The van der Waals surface area contributed by atoms with E-state index in [4.69, 9.17) is 9.47 Å². The fourth-order valence-corrected chi connectivity index (χ4v) is 3.44. The molecule has 1 fully saturated rings. The smallest absolute Gasteiger partial charge is 0.166 e. The second-order valence-corrected chi connectivity index (χ2v) is 6.99. The van der Waals surface area contributed by atoms with Crippen molar-refractivity contribution in [2.24, 2.45) is 5.92 Å². The van der Waals surface area contributed by atoms with Gasteiger partial charge in [0.25, 0.3) is 0 Å². The number of nitrogens with one attached hydrogen (secondary N) is 2. The first kappa shape index (κ1) is 18.7. The van der Waals surface area contributed by atoms with E-state index in [1.807, 2.05) is 12.1 Å². The molecule has 1 heterocycles. The maximum absolute atomic E-state index is 6.19. The lowest BCUT2D eigenvalue weighted by atomic mass is 9.98. The van der Waals surface area contributed by atoms with Crippen molar-refractivity contribution in [1.29, 1.82) is 0 Å². The molecule has 2 N–H and O–H groups in total. The van der Waals surface area contributed by atoms with Crippen LogP contribution in [0.25, 0.3) is 0 Å². The van der Waals surface area contributed by atoms with Crippen molar-refractivity contribution in [2.75, 3.05) is 26.7 Å². The van der Waals surface area contributed by atoms with Gasteiger partial charge in [0, 0.05) is 12.1 Å². The van der Waals surface area contributed by atoms with E-state index >= 15 is 0 Å². The Morgan fingerprint density at radius 1 is 1.04 bits per heavy atom. The second-order valence-electron chi connectivity index (χ2n) is 6.99. The molecule has 26 heavy (non-hydrogen) atoms. The first-order valence-electron chi connectivity index (χ1n) is 9.52. The summed E-state index contributed by atoms with van der Waals surface area (Å²) in [6.45, 7) is 6.78. The van der Waals surface area contributed by atoms with Crippen molar-refractivity contribution >= 4 is 0 Å². The monoisotopic (exact) mass is 354 g/mol. The van der Waals surface area contributed by atoms with E-state index in [0.29, 0.717) is 6.61 Å². The molecule has 0 radical (unpaired) electrons. The van der Waals surface area contributed by atoms with Crippen LogP contribution in [0.5, 0.6) is 11.5 Å². The summed E-state index contributed by atoms with van der Waals surface area (Å²) in [7, 11) is 1.70. The number of methoxy groups -OCH3 is 1. The maximum atomic E-state index is 6.19. The molecule has 0 aliphatic carbocycles. The predicted molar refractivity (Wildman–Crippen MR) is 106 cm³/mol. The molecule has 2 aromatic rings. The fourth-order valence-electron chi connectivity index (χ4n) is 3.44. The molecule has 0 unspecified atom stereocenters.